The summed E-state index contributed by atoms with van der Waals surface area (Å²) >= 11 is 0. The topological polar surface area (TPSA) is 49.5 Å². The van der Waals surface area contributed by atoms with E-state index in [1.807, 2.05) is 12.1 Å². The number of aromatic hydroxyl groups is 1. The number of nitrogens with zero attached hydrogens (tertiary/aromatic N) is 1. The summed E-state index contributed by atoms with van der Waals surface area (Å²) in [5, 5.41) is 9.79. The van der Waals surface area contributed by atoms with Crippen molar-refractivity contribution in [2.45, 2.75) is 58.4 Å². The Morgan fingerprint density at radius 2 is 2.13 bits per heavy atom. The molecule has 1 aliphatic rings. The van der Waals surface area contributed by atoms with E-state index >= 15 is 0 Å². The van der Waals surface area contributed by atoms with Crippen LogP contribution in [0.15, 0.2) is 24.3 Å². The van der Waals surface area contributed by atoms with E-state index in [1.165, 1.54) is 5.56 Å². The summed E-state index contributed by atoms with van der Waals surface area (Å²) in [5.74, 6) is 1.62. The van der Waals surface area contributed by atoms with Crippen LogP contribution in [-0.4, -0.2) is 35.7 Å². The number of hydrogen-bond donors (Lipinski definition) is 2. The molecule has 0 spiro atoms. The van der Waals surface area contributed by atoms with Crippen molar-refractivity contribution in [3.05, 3.63) is 29.8 Å². The number of benzene rings is 1. The van der Waals surface area contributed by atoms with Crippen LogP contribution in [0.1, 0.15) is 52.5 Å². The van der Waals surface area contributed by atoms with Crippen molar-refractivity contribution in [3.8, 4) is 5.75 Å². The smallest absolute Gasteiger partial charge is 0.115 e. The number of piperidine rings is 1. The van der Waals surface area contributed by atoms with E-state index in [9.17, 15) is 5.11 Å². The Kier molecular flexibility index (Phi) is 6.10. The summed E-state index contributed by atoms with van der Waals surface area (Å²) in [5.41, 5.74) is 7.65. The third-order valence-electron chi connectivity index (χ3n) is 5.66. The number of nitrogens with two attached hydrogens (primary N) is 1. The van der Waals surface area contributed by atoms with Gasteiger partial charge < -0.3 is 15.7 Å². The van der Waals surface area contributed by atoms with Gasteiger partial charge in [-0.25, -0.2) is 0 Å². The summed E-state index contributed by atoms with van der Waals surface area (Å²) in [6, 6.07) is 8.13. The lowest BCUT2D eigenvalue weighted by Crippen LogP contribution is -2.48. The van der Waals surface area contributed by atoms with Crippen molar-refractivity contribution in [2.24, 2.45) is 17.6 Å². The van der Waals surface area contributed by atoms with Crippen LogP contribution in [0, 0.1) is 11.8 Å². The Morgan fingerprint density at radius 3 is 2.74 bits per heavy atom. The van der Waals surface area contributed by atoms with Gasteiger partial charge in [-0.15, -0.1) is 0 Å². The first kappa shape index (κ1) is 18.3. The van der Waals surface area contributed by atoms with Crippen LogP contribution in [0.2, 0.25) is 0 Å². The van der Waals surface area contributed by atoms with Crippen molar-refractivity contribution in [1.29, 1.82) is 0 Å². The summed E-state index contributed by atoms with van der Waals surface area (Å²) in [7, 11) is 0. The van der Waals surface area contributed by atoms with Crippen LogP contribution >= 0.6 is 0 Å². The van der Waals surface area contributed by atoms with Gasteiger partial charge in [-0.2, -0.15) is 0 Å². The first-order valence-corrected chi connectivity index (χ1v) is 9.08. The molecular formula is C20H34N2O. The highest BCUT2D eigenvalue weighted by Gasteiger charge is 2.37. The Bertz CT molecular complexity index is 502. The lowest BCUT2D eigenvalue weighted by Gasteiger charge is -2.45. The SMILES string of the molecule is CC(C)CC(N)CCN1CC[C@](C)(c2cccc(O)c2)[C@@H](C)C1. The van der Waals surface area contributed by atoms with Crippen LogP contribution in [0.3, 0.4) is 0 Å². The molecule has 0 aliphatic carbocycles. The van der Waals surface area contributed by atoms with Crippen LogP contribution in [0.25, 0.3) is 0 Å². The molecule has 0 saturated carbocycles. The largest absolute Gasteiger partial charge is 0.508 e. The highest BCUT2D eigenvalue weighted by Crippen LogP contribution is 2.40. The van der Waals surface area contributed by atoms with Gasteiger partial charge in [-0.1, -0.05) is 39.8 Å². The van der Waals surface area contributed by atoms with Gasteiger partial charge in [0.25, 0.3) is 0 Å². The van der Waals surface area contributed by atoms with Gasteiger partial charge >= 0.3 is 0 Å². The summed E-state index contributed by atoms with van der Waals surface area (Å²) in [6.07, 6.45) is 3.34. The van der Waals surface area contributed by atoms with E-state index in [1.54, 1.807) is 6.07 Å². The average molecular weight is 319 g/mol. The maximum absolute atomic E-state index is 9.79. The van der Waals surface area contributed by atoms with E-state index < -0.39 is 0 Å². The molecule has 0 aromatic heterocycles. The van der Waals surface area contributed by atoms with Crippen molar-refractivity contribution >= 4 is 0 Å². The molecule has 2 rings (SSSR count). The number of rotatable bonds is 6. The second kappa shape index (κ2) is 7.67. The molecule has 1 heterocycles. The van der Waals surface area contributed by atoms with Gasteiger partial charge in [0.15, 0.2) is 0 Å². The molecule has 3 heteroatoms. The second-order valence-corrected chi connectivity index (χ2v) is 8.10. The Morgan fingerprint density at radius 1 is 1.39 bits per heavy atom. The first-order chi connectivity index (χ1) is 10.8. The lowest BCUT2D eigenvalue weighted by atomic mass is 9.68. The van der Waals surface area contributed by atoms with Crippen molar-refractivity contribution in [1.82, 2.24) is 4.90 Å². The van der Waals surface area contributed by atoms with Crippen LogP contribution in [0.5, 0.6) is 5.75 Å². The Labute approximate surface area is 141 Å². The third-order valence-corrected chi connectivity index (χ3v) is 5.66. The minimum absolute atomic E-state index is 0.148. The Hall–Kier alpha value is -1.06. The summed E-state index contributed by atoms with van der Waals surface area (Å²) in [4.78, 5) is 2.56. The molecule has 1 unspecified atom stereocenters. The average Bonchev–Trinajstić information content (AvgIpc) is 2.48. The predicted octanol–water partition coefficient (Wildman–Crippen LogP) is 3.76. The fraction of sp³-hybridized carbons (Fsp3) is 0.700. The van der Waals surface area contributed by atoms with Gasteiger partial charge in [-0.3, -0.25) is 0 Å². The van der Waals surface area contributed by atoms with Crippen LogP contribution < -0.4 is 5.73 Å². The molecule has 0 bridgehead atoms. The lowest BCUT2D eigenvalue weighted by molar-refractivity contribution is 0.107. The van der Waals surface area contributed by atoms with Crippen molar-refractivity contribution < 1.29 is 5.11 Å². The molecule has 1 fully saturated rings. The van der Waals surface area contributed by atoms with E-state index in [4.69, 9.17) is 5.73 Å². The maximum atomic E-state index is 9.79. The fourth-order valence-corrected chi connectivity index (χ4v) is 3.88. The molecule has 23 heavy (non-hydrogen) atoms. The minimum atomic E-state index is 0.148. The molecule has 3 atom stereocenters. The van der Waals surface area contributed by atoms with E-state index in [0.717, 1.165) is 38.9 Å². The summed E-state index contributed by atoms with van der Waals surface area (Å²) in [6.45, 7) is 12.5. The quantitative estimate of drug-likeness (QED) is 0.840. The zero-order valence-corrected chi connectivity index (χ0v) is 15.3. The fourth-order valence-electron chi connectivity index (χ4n) is 3.88. The number of likely N-dealkylation sites (tertiary alicyclic amines) is 1. The standard InChI is InChI=1S/C20H34N2O/c1-15(2)12-18(21)8-10-22-11-9-20(4,16(3)14-22)17-6-5-7-19(23)13-17/h5-7,13,15-16,18,23H,8-12,14,21H2,1-4H3/t16-,18?,20-/m0/s1. The van der Waals surface area contributed by atoms with Gasteiger partial charge in [0, 0.05) is 12.6 Å². The molecule has 130 valence electrons. The zero-order valence-electron chi connectivity index (χ0n) is 15.3. The Balaban J connectivity index is 1.92. The number of phenols is 1. The van der Waals surface area contributed by atoms with E-state index in [0.29, 0.717) is 23.6 Å². The van der Waals surface area contributed by atoms with Crippen LogP contribution in [-0.2, 0) is 5.41 Å². The molecule has 1 saturated heterocycles. The molecule has 0 radical (unpaired) electrons. The number of hydrogen-bond acceptors (Lipinski definition) is 3. The van der Waals surface area contributed by atoms with E-state index in [-0.39, 0.29) is 5.41 Å². The van der Waals surface area contributed by atoms with Gasteiger partial charge in [0.2, 0.25) is 0 Å². The molecular weight excluding hydrogens is 284 g/mol. The van der Waals surface area contributed by atoms with E-state index in [2.05, 4.69) is 38.7 Å². The molecule has 3 nitrogen and oxygen atoms in total. The van der Waals surface area contributed by atoms with Gasteiger partial charge in [0.05, 0.1) is 0 Å². The highest BCUT2D eigenvalue weighted by molar-refractivity contribution is 5.33. The van der Waals surface area contributed by atoms with Gasteiger partial charge in [-0.05, 0) is 67.3 Å². The monoisotopic (exact) mass is 318 g/mol. The normalized spacial score (nSPS) is 27.3. The van der Waals surface area contributed by atoms with Crippen molar-refractivity contribution in [2.75, 3.05) is 19.6 Å². The molecule has 1 aliphatic heterocycles. The zero-order chi connectivity index (χ0) is 17.0. The summed E-state index contributed by atoms with van der Waals surface area (Å²) < 4.78 is 0. The molecule has 1 aromatic rings. The van der Waals surface area contributed by atoms with Gasteiger partial charge in [0.1, 0.15) is 5.75 Å². The highest BCUT2D eigenvalue weighted by atomic mass is 16.3. The minimum Gasteiger partial charge on any atom is -0.508 e. The van der Waals surface area contributed by atoms with Crippen molar-refractivity contribution in [3.63, 3.8) is 0 Å². The maximum Gasteiger partial charge on any atom is 0.115 e. The second-order valence-electron chi connectivity index (χ2n) is 8.10. The van der Waals surface area contributed by atoms with Crippen LogP contribution in [0.4, 0.5) is 0 Å². The molecule has 1 aromatic carbocycles. The third kappa shape index (κ3) is 4.71. The first-order valence-electron chi connectivity index (χ1n) is 9.08. The molecule has 0 amide bonds. The predicted molar refractivity (Wildman–Crippen MR) is 97.7 cm³/mol. The number of phenolic OH excluding ortho intramolecular Hbond substituents is 1. The molecule has 3 N–H and O–H groups in total.